The Balaban J connectivity index is 1.27. The minimum Gasteiger partial charge on any atom is -0.459 e. The van der Waals surface area contributed by atoms with E-state index in [4.69, 9.17) is 4.42 Å². The van der Waals surface area contributed by atoms with Crippen molar-refractivity contribution in [1.82, 2.24) is 14.7 Å². The molecule has 4 heterocycles. The van der Waals surface area contributed by atoms with E-state index < -0.39 is 11.9 Å². The zero-order valence-corrected chi connectivity index (χ0v) is 16.4. The van der Waals surface area contributed by atoms with Gasteiger partial charge >= 0.3 is 6.03 Å². The van der Waals surface area contributed by atoms with Gasteiger partial charge in [-0.05, 0) is 25.0 Å². The molecule has 0 radical (unpaired) electrons. The van der Waals surface area contributed by atoms with Gasteiger partial charge in [0.25, 0.3) is 5.91 Å². The average molecular weight is 410 g/mol. The number of urea groups is 1. The zero-order valence-electron chi connectivity index (χ0n) is 16.4. The summed E-state index contributed by atoms with van der Waals surface area (Å²) >= 11 is 0. The lowest BCUT2D eigenvalue weighted by Crippen LogP contribution is -2.54. The van der Waals surface area contributed by atoms with Crippen molar-refractivity contribution in [2.75, 3.05) is 26.2 Å². The normalized spacial score (nSPS) is 24.8. The van der Waals surface area contributed by atoms with E-state index >= 15 is 0 Å². The Kier molecular flexibility index (Phi) is 4.68. The van der Waals surface area contributed by atoms with E-state index in [0.29, 0.717) is 37.9 Å². The third kappa shape index (κ3) is 3.21. The molecular formula is C20H22N6O4. The number of rotatable bonds is 2. The number of amides is 4. The van der Waals surface area contributed by atoms with E-state index in [0.717, 1.165) is 25.7 Å². The molecule has 30 heavy (non-hydrogen) atoms. The molecule has 0 N–H and O–H groups in total. The number of imide groups is 1. The van der Waals surface area contributed by atoms with Gasteiger partial charge in [0.15, 0.2) is 11.6 Å². The summed E-state index contributed by atoms with van der Waals surface area (Å²) < 4.78 is 5.18. The van der Waals surface area contributed by atoms with E-state index in [-0.39, 0.29) is 23.7 Å². The Hall–Kier alpha value is -3.30. The van der Waals surface area contributed by atoms with E-state index in [1.807, 2.05) is 4.90 Å². The summed E-state index contributed by atoms with van der Waals surface area (Å²) in [6.07, 6.45) is 6.73. The molecule has 3 aliphatic heterocycles. The number of hydrogen-bond acceptors (Lipinski definition) is 7. The Labute approximate surface area is 172 Å². The smallest absolute Gasteiger partial charge is 0.352 e. The lowest BCUT2D eigenvalue weighted by molar-refractivity contribution is -0.130. The van der Waals surface area contributed by atoms with Gasteiger partial charge in [0.05, 0.1) is 6.26 Å². The SMILES string of the molecule is O=C(c1ccco1)N1CCN(C2=NC3=NC(=O)N(C4CCCC4)C(=O)C3C=N2)CC1. The van der Waals surface area contributed by atoms with Gasteiger partial charge in [-0.1, -0.05) is 12.8 Å². The van der Waals surface area contributed by atoms with Crippen molar-refractivity contribution in [1.29, 1.82) is 0 Å². The minimum atomic E-state index is -0.700. The van der Waals surface area contributed by atoms with Crippen molar-refractivity contribution in [3.63, 3.8) is 0 Å². The van der Waals surface area contributed by atoms with Crippen LogP contribution >= 0.6 is 0 Å². The van der Waals surface area contributed by atoms with Crippen LogP contribution in [0.2, 0.25) is 0 Å². The summed E-state index contributed by atoms with van der Waals surface area (Å²) in [4.78, 5) is 55.6. The molecule has 10 heteroatoms. The van der Waals surface area contributed by atoms with Crippen LogP contribution in [-0.2, 0) is 4.79 Å². The number of aliphatic imine (C=N–C) groups is 3. The number of carbonyl (C=O) groups excluding carboxylic acids is 3. The number of carbonyl (C=O) groups is 3. The minimum absolute atomic E-state index is 0.0612. The highest BCUT2D eigenvalue weighted by Crippen LogP contribution is 2.28. The summed E-state index contributed by atoms with van der Waals surface area (Å²) in [7, 11) is 0. The molecule has 4 amide bonds. The molecule has 1 saturated heterocycles. The second kappa shape index (κ2) is 7.51. The standard InChI is InChI=1S/C20H22N6O4/c27-17-14-12-21-19(22-16(14)23-20(29)26(17)13-4-1-2-5-13)25-9-7-24(8-10-25)18(28)15-6-3-11-30-15/h3,6,11-14H,1-2,4-5,7-10H2. The topological polar surface area (TPSA) is 111 Å². The van der Waals surface area contributed by atoms with Gasteiger partial charge in [0.1, 0.15) is 5.92 Å². The highest BCUT2D eigenvalue weighted by molar-refractivity contribution is 6.27. The van der Waals surface area contributed by atoms with Crippen molar-refractivity contribution >= 4 is 35.9 Å². The highest BCUT2D eigenvalue weighted by atomic mass is 16.3. The molecule has 5 rings (SSSR count). The third-order valence-electron chi connectivity index (χ3n) is 6.02. The molecule has 1 aromatic heterocycles. The number of fused-ring (bicyclic) bond motifs is 1. The number of piperazine rings is 1. The number of amidine groups is 1. The quantitative estimate of drug-likeness (QED) is 0.732. The molecule has 0 bridgehead atoms. The van der Waals surface area contributed by atoms with E-state index in [1.54, 1.807) is 17.0 Å². The highest BCUT2D eigenvalue weighted by Gasteiger charge is 2.42. The molecular weight excluding hydrogens is 388 g/mol. The lowest BCUT2D eigenvalue weighted by atomic mass is 10.0. The summed E-state index contributed by atoms with van der Waals surface area (Å²) in [5.41, 5.74) is 0. The van der Waals surface area contributed by atoms with Crippen LogP contribution < -0.4 is 0 Å². The molecule has 1 atom stereocenters. The molecule has 0 aromatic carbocycles. The number of hydrogen-bond donors (Lipinski definition) is 0. The predicted molar refractivity (Wildman–Crippen MR) is 108 cm³/mol. The van der Waals surface area contributed by atoms with Crippen LogP contribution in [-0.4, -0.2) is 82.8 Å². The lowest BCUT2D eigenvalue weighted by Gasteiger charge is -2.36. The van der Waals surface area contributed by atoms with Gasteiger partial charge in [-0.3, -0.25) is 14.5 Å². The first kappa shape index (κ1) is 18.7. The Bertz CT molecular complexity index is 952. The van der Waals surface area contributed by atoms with Gasteiger partial charge in [-0.2, -0.15) is 9.98 Å². The summed E-state index contributed by atoms with van der Waals surface area (Å²) in [6, 6.07) is 2.75. The summed E-state index contributed by atoms with van der Waals surface area (Å²) in [6.45, 7) is 2.07. The van der Waals surface area contributed by atoms with Crippen LogP contribution in [0.3, 0.4) is 0 Å². The molecule has 1 aliphatic carbocycles. The monoisotopic (exact) mass is 410 g/mol. The molecule has 1 saturated carbocycles. The number of nitrogens with zero attached hydrogens (tertiary/aromatic N) is 6. The van der Waals surface area contributed by atoms with Gasteiger partial charge in [-0.15, -0.1) is 0 Å². The average Bonchev–Trinajstić information content (AvgIpc) is 3.47. The van der Waals surface area contributed by atoms with Crippen molar-refractivity contribution in [2.45, 2.75) is 31.7 Å². The second-order valence-corrected chi connectivity index (χ2v) is 7.82. The Morgan fingerprint density at radius 3 is 2.53 bits per heavy atom. The van der Waals surface area contributed by atoms with Crippen molar-refractivity contribution in [2.24, 2.45) is 20.9 Å². The fourth-order valence-electron chi connectivity index (χ4n) is 4.39. The third-order valence-corrected chi connectivity index (χ3v) is 6.02. The maximum atomic E-state index is 12.9. The zero-order chi connectivity index (χ0) is 20.7. The summed E-state index contributed by atoms with van der Waals surface area (Å²) in [5, 5.41) is 0. The molecule has 0 spiro atoms. The van der Waals surface area contributed by atoms with Crippen molar-refractivity contribution in [3.05, 3.63) is 24.2 Å². The number of furan rings is 1. The second-order valence-electron chi connectivity index (χ2n) is 7.82. The van der Waals surface area contributed by atoms with E-state index in [2.05, 4.69) is 15.0 Å². The molecule has 10 nitrogen and oxygen atoms in total. The van der Waals surface area contributed by atoms with Crippen LogP contribution in [0.5, 0.6) is 0 Å². The van der Waals surface area contributed by atoms with E-state index in [1.165, 1.54) is 17.4 Å². The largest absolute Gasteiger partial charge is 0.459 e. The molecule has 156 valence electrons. The fourth-order valence-corrected chi connectivity index (χ4v) is 4.39. The van der Waals surface area contributed by atoms with Crippen LogP contribution in [0.15, 0.2) is 37.8 Å². The van der Waals surface area contributed by atoms with Gasteiger partial charge in [0, 0.05) is 38.4 Å². The first-order chi connectivity index (χ1) is 14.6. The number of guanidine groups is 1. The Morgan fingerprint density at radius 1 is 1.07 bits per heavy atom. The summed E-state index contributed by atoms with van der Waals surface area (Å²) in [5.74, 6) is -0.178. The predicted octanol–water partition coefficient (Wildman–Crippen LogP) is 1.40. The Morgan fingerprint density at radius 2 is 1.83 bits per heavy atom. The maximum Gasteiger partial charge on any atom is 0.352 e. The van der Waals surface area contributed by atoms with Crippen LogP contribution in [0.1, 0.15) is 36.2 Å². The van der Waals surface area contributed by atoms with Crippen molar-refractivity contribution in [3.8, 4) is 0 Å². The van der Waals surface area contributed by atoms with Gasteiger partial charge in [0.2, 0.25) is 11.9 Å². The molecule has 2 fully saturated rings. The molecule has 1 aromatic rings. The van der Waals surface area contributed by atoms with Crippen LogP contribution in [0.4, 0.5) is 4.79 Å². The molecule has 4 aliphatic rings. The van der Waals surface area contributed by atoms with E-state index in [9.17, 15) is 14.4 Å². The van der Waals surface area contributed by atoms with Crippen LogP contribution in [0, 0.1) is 5.92 Å². The van der Waals surface area contributed by atoms with Crippen LogP contribution in [0.25, 0.3) is 0 Å². The first-order valence-corrected chi connectivity index (χ1v) is 10.3. The van der Waals surface area contributed by atoms with Gasteiger partial charge in [-0.25, -0.2) is 9.79 Å². The maximum absolute atomic E-state index is 12.9. The molecule has 1 unspecified atom stereocenters. The van der Waals surface area contributed by atoms with Gasteiger partial charge < -0.3 is 14.2 Å². The first-order valence-electron chi connectivity index (χ1n) is 10.3. The van der Waals surface area contributed by atoms with Crippen molar-refractivity contribution < 1.29 is 18.8 Å². The fraction of sp³-hybridized carbons (Fsp3) is 0.500.